The molecule has 2 N–H and O–H groups in total. The number of carbonyl (C=O) groups excluding carboxylic acids is 1. The molecule has 1 amide bonds. The van der Waals surface area contributed by atoms with Crippen molar-refractivity contribution in [3.05, 3.63) is 0 Å². The first-order valence-electron chi connectivity index (χ1n) is 4.66. The molecule has 1 heterocycles. The molecule has 0 spiro atoms. The topological polar surface area (TPSA) is 69.6 Å². The minimum atomic E-state index is -2.02. The Bertz CT molecular complexity index is 235. The smallest absolute Gasteiger partial charge is 0.237 e. The molecule has 14 heavy (non-hydrogen) atoms. The van der Waals surface area contributed by atoms with Crippen LogP contribution in [0.5, 0.6) is 0 Å². The van der Waals surface area contributed by atoms with Gasteiger partial charge in [0.1, 0.15) is 5.75 Å². The van der Waals surface area contributed by atoms with Crippen LogP contribution in [0.4, 0.5) is 0 Å². The van der Waals surface area contributed by atoms with Crippen molar-refractivity contribution in [2.24, 2.45) is 0 Å². The number of likely N-dealkylation sites (N-methyl/N-ethyl adjacent to an activating group) is 1. The van der Waals surface area contributed by atoms with Crippen LogP contribution in [0, 0.1) is 0 Å². The maximum Gasteiger partial charge on any atom is 0.237 e. The number of carbonyl (C=O) groups is 1. The Hall–Kier alpha value is -0.460. The van der Waals surface area contributed by atoms with Crippen molar-refractivity contribution < 1.29 is 13.6 Å². The van der Waals surface area contributed by atoms with Gasteiger partial charge < -0.3 is 14.8 Å². The standard InChI is InChI=1S/C8H16N2O3S/c1-9-7-3-2-4-10(5-7)8(11)6-14(12)13/h7,9H,2-6H2,1H3,(H,12,13). The van der Waals surface area contributed by atoms with E-state index in [4.69, 9.17) is 4.55 Å². The van der Waals surface area contributed by atoms with Crippen LogP contribution in [0.15, 0.2) is 0 Å². The van der Waals surface area contributed by atoms with E-state index in [1.165, 1.54) is 0 Å². The fourth-order valence-electron chi connectivity index (χ4n) is 1.64. The van der Waals surface area contributed by atoms with Crippen molar-refractivity contribution in [2.45, 2.75) is 18.9 Å². The predicted molar refractivity (Wildman–Crippen MR) is 54.3 cm³/mol. The largest absolute Gasteiger partial charge is 0.340 e. The van der Waals surface area contributed by atoms with Gasteiger partial charge in [0, 0.05) is 19.1 Å². The number of hydrogen-bond donors (Lipinski definition) is 2. The molecule has 2 unspecified atom stereocenters. The van der Waals surface area contributed by atoms with Crippen molar-refractivity contribution in [2.75, 3.05) is 25.9 Å². The third-order valence-electron chi connectivity index (χ3n) is 2.43. The molecule has 5 nitrogen and oxygen atoms in total. The van der Waals surface area contributed by atoms with E-state index in [1.54, 1.807) is 4.90 Å². The molecule has 2 atom stereocenters. The van der Waals surface area contributed by atoms with E-state index in [1.807, 2.05) is 7.05 Å². The van der Waals surface area contributed by atoms with Crippen molar-refractivity contribution in [3.8, 4) is 0 Å². The van der Waals surface area contributed by atoms with Gasteiger partial charge in [-0.05, 0) is 19.9 Å². The Balaban J connectivity index is 2.43. The van der Waals surface area contributed by atoms with Crippen LogP contribution in [0.25, 0.3) is 0 Å². The summed E-state index contributed by atoms with van der Waals surface area (Å²) < 4.78 is 19.0. The van der Waals surface area contributed by atoms with Crippen LogP contribution in [0.1, 0.15) is 12.8 Å². The second kappa shape index (κ2) is 5.43. The van der Waals surface area contributed by atoms with Gasteiger partial charge in [0.05, 0.1) is 0 Å². The molecule has 1 fully saturated rings. The molecule has 1 rings (SSSR count). The first kappa shape index (κ1) is 11.6. The van der Waals surface area contributed by atoms with Crippen molar-refractivity contribution in [1.29, 1.82) is 0 Å². The summed E-state index contributed by atoms with van der Waals surface area (Å²) >= 11 is -2.02. The lowest BCUT2D eigenvalue weighted by Gasteiger charge is -2.32. The Morgan fingerprint density at radius 2 is 2.43 bits per heavy atom. The summed E-state index contributed by atoms with van der Waals surface area (Å²) in [5.41, 5.74) is 0. The molecule has 1 saturated heterocycles. The van der Waals surface area contributed by atoms with E-state index < -0.39 is 11.1 Å². The Labute approximate surface area is 86.1 Å². The van der Waals surface area contributed by atoms with E-state index in [0.29, 0.717) is 19.1 Å². The summed E-state index contributed by atoms with van der Waals surface area (Å²) in [6.07, 6.45) is 2.01. The molecule has 1 aliphatic rings. The molecule has 82 valence electrons. The Morgan fingerprint density at radius 3 is 3.00 bits per heavy atom. The highest BCUT2D eigenvalue weighted by atomic mass is 32.2. The zero-order chi connectivity index (χ0) is 10.6. The van der Waals surface area contributed by atoms with Crippen LogP contribution in [-0.4, -0.2) is 51.5 Å². The summed E-state index contributed by atoms with van der Waals surface area (Å²) in [6, 6.07) is 0.319. The van der Waals surface area contributed by atoms with Crippen LogP contribution >= 0.6 is 0 Å². The molecule has 0 aliphatic carbocycles. The molecule has 0 aromatic carbocycles. The highest BCUT2D eigenvalue weighted by Crippen LogP contribution is 2.09. The molecule has 0 aromatic heterocycles. The number of nitrogens with one attached hydrogen (secondary N) is 1. The molecule has 0 saturated carbocycles. The zero-order valence-electron chi connectivity index (χ0n) is 8.23. The highest BCUT2D eigenvalue weighted by molar-refractivity contribution is 7.80. The summed E-state index contributed by atoms with van der Waals surface area (Å²) in [6.45, 7) is 1.35. The van der Waals surface area contributed by atoms with Crippen molar-refractivity contribution in [1.82, 2.24) is 10.2 Å². The predicted octanol–water partition coefficient (Wildman–Crippen LogP) is -0.581. The number of piperidine rings is 1. The second-order valence-corrected chi connectivity index (χ2v) is 4.37. The van der Waals surface area contributed by atoms with E-state index in [0.717, 1.165) is 12.8 Å². The van der Waals surface area contributed by atoms with Gasteiger partial charge in [-0.15, -0.1) is 0 Å². The van der Waals surface area contributed by atoms with Crippen molar-refractivity contribution >= 4 is 17.0 Å². The lowest BCUT2D eigenvalue weighted by Crippen LogP contribution is -2.48. The van der Waals surface area contributed by atoms with Crippen LogP contribution in [0.3, 0.4) is 0 Å². The lowest BCUT2D eigenvalue weighted by atomic mass is 10.1. The maximum atomic E-state index is 11.4. The summed E-state index contributed by atoms with van der Waals surface area (Å²) in [7, 11) is 1.86. The van der Waals surface area contributed by atoms with Crippen LogP contribution in [-0.2, 0) is 15.9 Å². The maximum absolute atomic E-state index is 11.4. The number of hydrogen-bond acceptors (Lipinski definition) is 3. The summed E-state index contributed by atoms with van der Waals surface area (Å²) in [5.74, 6) is -0.512. The van der Waals surface area contributed by atoms with Gasteiger partial charge >= 0.3 is 0 Å². The van der Waals surface area contributed by atoms with Crippen LogP contribution < -0.4 is 5.32 Å². The molecule has 6 heteroatoms. The van der Waals surface area contributed by atoms with Gasteiger partial charge in [0.25, 0.3) is 0 Å². The third-order valence-corrected chi connectivity index (χ3v) is 2.92. The van der Waals surface area contributed by atoms with Gasteiger partial charge in [0.15, 0.2) is 11.1 Å². The van der Waals surface area contributed by atoms with Gasteiger partial charge in [-0.2, -0.15) is 0 Å². The molecule has 0 aromatic rings. The number of likely N-dealkylation sites (tertiary alicyclic amines) is 1. The van der Waals surface area contributed by atoms with Gasteiger partial charge in [-0.1, -0.05) is 0 Å². The lowest BCUT2D eigenvalue weighted by molar-refractivity contribution is -0.129. The normalized spacial score (nSPS) is 24.7. The quantitative estimate of drug-likeness (QED) is 0.624. The fourth-order valence-corrected chi connectivity index (χ4v) is 2.03. The number of nitrogens with zero attached hydrogens (tertiary/aromatic N) is 1. The monoisotopic (exact) mass is 220 g/mol. The number of amides is 1. The van der Waals surface area contributed by atoms with Gasteiger partial charge in [0.2, 0.25) is 5.91 Å². The van der Waals surface area contributed by atoms with E-state index in [9.17, 15) is 9.00 Å². The van der Waals surface area contributed by atoms with Gasteiger partial charge in [-0.3, -0.25) is 4.79 Å². The molecule has 0 bridgehead atoms. The molecular weight excluding hydrogens is 204 g/mol. The summed E-state index contributed by atoms with van der Waals surface area (Å²) in [5, 5.41) is 3.11. The SMILES string of the molecule is CNC1CCCN(C(=O)CS(=O)O)C1. The first-order chi connectivity index (χ1) is 6.63. The minimum Gasteiger partial charge on any atom is -0.340 e. The van der Waals surface area contributed by atoms with E-state index >= 15 is 0 Å². The molecule has 0 radical (unpaired) electrons. The van der Waals surface area contributed by atoms with E-state index in [2.05, 4.69) is 5.32 Å². The van der Waals surface area contributed by atoms with Crippen molar-refractivity contribution in [3.63, 3.8) is 0 Å². The second-order valence-electron chi connectivity index (χ2n) is 3.43. The average molecular weight is 220 g/mol. The fraction of sp³-hybridized carbons (Fsp3) is 0.875. The summed E-state index contributed by atoms with van der Waals surface area (Å²) in [4.78, 5) is 13.1. The van der Waals surface area contributed by atoms with Crippen LogP contribution in [0.2, 0.25) is 0 Å². The highest BCUT2D eigenvalue weighted by Gasteiger charge is 2.23. The molecular formula is C8H16N2O3S. The Kier molecular flexibility index (Phi) is 4.50. The zero-order valence-corrected chi connectivity index (χ0v) is 9.05. The molecule has 1 aliphatic heterocycles. The third kappa shape index (κ3) is 3.36. The minimum absolute atomic E-state index is 0.231. The van der Waals surface area contributed by atoms with Gasteiger partial charge in [-0.25, -0.2) is 4.21 Å². The average Bonchev–Trinajstić information content (AvgIpc) is 2.17. The first-order valence-corrected chi connectivity index (χ1v) is 5.93. The van der Waals surface area contributed by atoms with E-state index in [-0.39, 0.29) is 11.7 Å². The Morgan fingerprint density at radius 1 is 1.71 bits per heavy atom. The number of rotatable bonds is 3.